The van der Waals surface area contributed by atoms with Gasteiger partial charge in [0.05, 0.1) is 23.4 Å². The summed E-state index contributed by atoms with van der Waals surface area (Å²) in [6.07, 6.45) is 2.76. The van der Waals surface area contributed by atoms with Crippen LogP contribution in [0.5, 0.6) is 0 Å². The molecule has 0 saturated carbocycles. The number of fused-ring (bicyclic) bond motifs is 3. The Kier molecular flexibility index (Phi) is 4.53. The molecule has 0 fully saturated rings. The van der Waals surface area contributed by atoms with Crippen LogP contribution in [0.15, 0.2) is 6.07 Å². The topological polar surface area (TPSA) is 75.1 Å². The zero-order chi connectivity index (χ0) is 18.2. The maximum Gasteiger partial charge on any atom is 0.305 e. The normalized spacial score (nSPS) is 19.5. The molecule has 2 aromatic rings. The van der Waals surface area contributed by atoms with Crippen LogP contribution in [0.1, 0.15) is 55.5 Å². The number of hydrogen-bond donors (Lipinski definition) is 1. The molecule has 1 aliphatic heterocycles. The van der Waals surface area contributed by atoms with Crippen LogP contribution in [0.3, 0.4) is 0 Å². The van der Waals surface area contributed by atoms with Gasteiger partial charge in [-0.3, -0.25) is 4.79 Å². The van der Waals surface area contributed by atoms with Crippen molar-refractivity contribution in [3.05, 3.63) is 34.3 Å². The number of ether oxygens (including phenoxy) is 2. The molecule has 0 saturated heterocycles. The van der Waals surface area contributed by atoms with Crippen molar-refractivity contribution >= 4 is 16.9 Å². The number of H-pyrrole nitrogens is 1. The van der Waals surface area contributed by atoms with Crippen LogP contribution in [0.25, 0.3) is 10.9 Å². The largest absolute Gasteiger partial charge is 0.427 e. The predicted octanol–water partition coefficient (Wildman–Crippen LogP) is 3.97. The van der Waals surface area contributed by atoms with Crippen molar-refractivity contribution in [2.75, 3.05) is 6.61 Å². The van der Waals surface area contributed by atoms with Crippen molar-refractivity contribution in [3.8, 4) is 6.07 Å². The zero-order valence-corrected chi connectivity index (χ0v) is 14.7. The molecule has 1 aliphatic rings. The SMILES string of the molecule is CCCCC1(OC(C)=O)OCCc2c1[nH]c1c(C)cc(F)c(C#N)c21. The minimum Gasteiger partial charge on any atom is -0.427 e. The number of unbranched alkanes of at least 4 members (excludes halogenated alkanes) is 1. The smallest absolute Gasteiger partial charge is 0.305 e. The number of aromatic nitrogens is 1. The van der Waals surface area contributed by atoms with Crippen molar-refractivity contribution < 1.29 is 18.7 Å². The van der Waals surface area contributed by atoms with Crippen molar-refractivity contribution in [2.45, 2.75) is 52.2 Å². The number of nitrogens with one attached hydrogen (secondary N) is 1. The first-order valence-electron chi connectivity index (χ1n) is 8.51. The van der Waals surface area contributed by atoms with E-state index in [-0.39, 0.29) is 5.56 Å². The summed E-state index contributed by atoms with van der Waals surface area (Å²) >= 11 is 0. The van der Waals surface area contributed by atoms with E-state index in [1.54, 1.807) is 6.92 Å². The number of benzene rings is 1. The minimum atomic E-state index is -1.20. The fourth-order valence-corrected chi connectivity index (χ4v) is 3.61. The van der Waals surface area contributed by atoms with Crippen LogP contribution in [0.2, 0.25) is 0 Å². The lowest BCUT2D eigenvalue weighted by Gasteiger charge is -2.36. The van der Waals surface area contributed by atoms with Crippen LogP contribution in [-0.4, -0.2) is 17.6 Å². The first-order valence-corrected chi connectivity index (χ1v) is 8.51. The molecule has 0 bridgehead atoms. The fraction of sp³-hybridized carbons (Fsp3) is 0.474. The summed E-state index contributed by atoms with van der Waals surface area (Å²) in [5.74, 6) is -2.18. The molecule has 0 amide bonds. The summed E-state index contributed by atoms with van der Waals surface area (Å²) in [5.41, 5.74) is 2.85. The number of nitriles is 1. The average molecular weight is 344 g/mol. The summed E-state index contributed by atoms with van der Waals surface area (Å²) in [6.45, 7) is 5.52. The van der Waals surface area contributed by atoms with Gasteiger partial charge in [0.2, 0.25) is 0 Å². The monoisotopic (exact) mass is 344 g/mol. The molecule has 1 aromatic heterocycles. The molecule has 2 heterocycles. The molecule has 132 valence electrons. The van der Waals surface area contributed by atoms with E-state index in [0.29, 0.717) is 41.6 Å². The van der Waals surface area contributed by atoms with Gasteiger partial charge in [-0.1, -0.05) is 13.3 Å². The molecule has 0 aliphatic carbocycles. The van der Waals surface area contributed by atoms with E-state index < -0.39 is 17.6 Å². The number of nitrogens with zero attached hydrogens (tertiary/aromatic N) is 1. The molecule has 0 spiro atoms. The molecular formula is C19H21FN2O3. The standard InChI is InChI=1S/C19H21FN2O3/c1-4-5-7-19(25-12(3)23)18-13(6-8-24-19)16-14(10-21)15(20)9-11(2)17(16)22-18/h9,22H,4-8H2,1-3H3. The van der Waals surface area contributed by atoms with Gasteiger partial charge >= 0.3 is 5.97 Å². The summed E-state index contributed by atoms with van der Waals surface area (Å²) in [7, 11) is 0. The molecule has 6 heteroatoms. The number of esters is 1. The van der Waals surface area contributed by atoms with Crippen molar-refractivity contribution in [3.63, 3.8) is 0 Å². The Balaban J connectivity index is 2.30. The highest BCUT2D eigenvalue weighted by atomic mass is 19.1. The molecular weight excluding hydrogens is 323 g/mol. The van der Waals surface area contributed by atoms with E-state index in [1.807, 2.05) is 13.0 Å². The second-order valence-electron chi connectivity index (χ2n) is 6.44. The number of carbonyl (C=O) groups excluding carboxylic acids is 1. The van der Waals surface area contributed by atoms with E-state index in [1.165, 1.54) is 13.0 Å². The van der Waals surface area contributed by atoms with Crippen LogP contribution < -0.4 is 0 Å². The number of hydrogen-bond acceptors (Lipinski definition) is 4. The van der Waals surface area contributed by atoms with E-state index >= 15 is 0 Å². The van der Waals surface area contributed by atoms with E-state index in [9.17, 15) is 14.4 Å². The quantitative estimate of drug-likeness (QED) is 0.852. The lowest BCUT2D eigenvalue weighted by Crippen LogP contribution is -2.39. The highest BCUT2D eigenvalue weighted by Crippen LogP contribution is 2.43. The first-order chi connectivity index (χ1) is 11.9. The molecule has 1 unspecified atom stereocenters. The summed E-state index contributed by atoms with van der Waals surface area (Å²) < 4.78 is 25.8. The van der Waals surface area contributed by atoms with Crippen LogP contribution in [0, 0.1) is 24.1 Å². The third-order valence-electron chi connectivity index (χ3n) is 4.68. The Morgan fingerprint density at radius 1 is 1.56 bits per heavy atom. The van der Waals surface area contributed by atoms with Crippen LogP contribution in [-0.2, 0) is 26.5 Å². The Morgan fingerprint density at radius 2 is 2.32 bits per heavy atom. The Labute approximate surface area is 145 Å². The van der Waals surface area contributed by atoms with Gasteiger partial charge in [-0.05, 0) is 37.0 Å². The number of aryl methyl sites for hydroxylation is 1. The van der Waals surface area contributed by atoms with Crippen LogP contribution in [0.4, 0.5) is 4.39 Å². The third kappa shape index (κ3) is 2.79. The average Bonchev–Trinajstić information content (AvgIpc) is 2.95. The van der Waals surface area contributed by atoms with E-state index in [4.69, 9.17) is 9.47 Å². The highest BCUT2D eigenvalue weighted by molar-refractivity contribution is 5.93. The van der Waals surface area contributed by atoms with Gasteiger partial charge in [-0.2, -0.15) is 5.26 Å². The van der Waals surface area contributed by atoms with Crippen LogP contribution >= 0.6 is 0 Å². The maximum absolute atomic E-state index is 14.3. The number of halogens is 1. The Hall–Kier alpha value is -2.39. The number of aromatic amines is 1. The molecule has 25 heavy (non-hydrogen) atoms. The lowest BCUT2D eigenvalue weighted by molar-refractivity contribution is -0.248. The summed E-state index contributed by atoms with van der Waals surface area (Å²) in [4.78, 5) is 15.0. The summed E-state index contributed by atoms with van der Waals surface area (Å²) in [5, 5.41) is 10.00. The van der Waals surface area contributed by atoms with Crippen molar-refractivity contribution in [1.29, 1.82) is 5.26 Å². The first kappa shape index (κ1) is 17.4. The third-order valence-corrected chi connectivity index (χ3v) is 4.68. The van der Waals surface area contributed by atoms with Gasteiger partial charge < -0.3 is 14.5 Å². The van der Waals surface area contributed by atoms with Crippen molar-refractivity contribution in [1.82, 2.24) is 4.98 Å². The van der Waals surface area contributed by atoms with E-state index in [2.05, 4.69) is 4.98 Å². The zero-order valence-electron chi connectivity index (χ0n) is 14.7. The Morgan fingerprint density at radius 3 is 2.96 bits per heavy atom. The van der Waals surface area contributed by atoms with Gasteiger partial charge in [-0.15, -0.1) is 0 Å². The second kappa shape index (κ2) is 6.49. The van der Waals surface area contributed by atoms with Crippen molar-refractivity contribution in [2.24, 2.45) is 0 Å². The van der Waals surface area contributed by atoms with Gasteiger partial charge in [0.15, 0.2) is 0 Å². The summed E-state index contributed by atoms with van der Waals surface area (Å²) in [6, 6.07) is 3.32. The second-order valence-corrected chi connectivity index (χ2v) is 6.44. The molecule has 5 nitrogen and oxygen atoms in total. The van der Waals surface area contributed by atoms with Gasteiger partial charge in [-0.25, -0.2) is 4.39 Å². The number of carbonyl (C=O) groups is 1. The molecule has 0 radical (unpaired) electrons. The molecule has 1 N–H and O–H groups in total. The highest BCUT2D eigenvalue weighted by Gasteiger charge is 2.43. The van der Waals surface area contributed by atoms with Gasteiger partial charge in [0.1, 0.15) is 11.9 Å². The number of rotatable bonds is 4. The van der Waals surface area contributed by atoms with E-state index in [0.717, 1.165) is 18.4 Å². The Bertz CT molecular complexity index is 881. The van der Waals surface area contributed by atoms with Gasteiger partial charge in [0.25, 0.3) is 5.79 Å². The minimum absolute atomic E-state index is 0.0206. The predicted molar refractivity (Wildman–Crippen MR) is 90.3 cm³/mol. The fourth-order valence-electron chi connectivity index (χ4n) is 3.61. The molecule has 3 rings (SSSR count). The van der Waals surface area contributed by atoms with Gasteiger partial charge in [0, 0.05) is 18.7 Å². The molecule has 1 atom stereocenters. The maximum atomic E-state index is 14.3. The molecule has 1 aromatic carbocycles. The lowest BCUT2D eigenvalue weighted by atomic mass is 9.94.